The van der Waals surface area contributed by atoms with Gasteiger partial charge in [0.05, 0.1) is 5.56 Å². The number of hydrogen-bond acceptors (Lipinski definition) is 3. The maximum absolute atomic E-state index is 12.8. The Morgan fingerprint density at radius 3 is 2.60 bits per heavy atom. The lowest BCUT2D eigenvalue weighted by atomic mass is 9.94. The number of rotatable bonds is 6. The molecule has 4 nitrogen and oxygen atoms in total. The molecule has 0 fully saturated rings. The predicted octanol–water partition coefficient (Wildman–Crippen LogP) is 3.11. The zero-order chi connectivity index (χ0) is 14.6. The summed E-state index contributed by atoms with van der Waals surface area (Å²) in [7, 11) is 1.69. The van der Waals surface area contributed by atoms with Gasteiger partial charge in [0.25, 0.3) is 5.91 Å². The summed E-state index contributed by atoms with van der Waals surface area (Å²) in [5.74, 6) is 0.124. The van der Waals surface area contributed by atoms with E-state index in [0.717, 1.165) is 37.1 Å². The Hall–Kier alpha value is -1.55. The predicted molar refractivity (Wildman–Crippen MR) is 80.9 cm³/mol. The second-order valence-corrected chi connectivity index (χ2v) is 5.21. The molecule has 0 radical (unpaired) electrons. The lowest BCUT2D eigenvalue weighted by molar-refractivity contribution is 0.0450. The van der Waals surface area contributed by atoms with Crippen LogP contribution in [-0.4, -0.2) is 36.7 Å². The first-order valence-electron chi connectivity index (χ1n) is 7.36. The van der Waals surface area contributed by atoms with Gasteiger partial charge in [0.15, 0.2) is 0 Å². The molecule has 1 amide bonds. The number of anilines is 1. The zero-order valence-corrected chi connectivity index (χ0v) is 12.6. The van der Waals surface area contributed by atoms with Crippen molar-refractivity contribution in [3.63, 3.8) is 0 Å². The summed E-state index contributed by atoms with van der Waals surface area (Å²) in [5.41, 5.74) is 1.44. The van der Waals surface area contributed by atoms with Gasteiger partial charge >= 0.3 is 0 Å². The van der Waals surface area contributed by atoms with E-state index in [1.54, 1.807) is 7.11 Å². The second-order valence-electron chi connectivity index (χ2n) is 5.21. The van der Waals surface area contributed by atoms with E-state index < -0.39 is 0 Å². The summed E-state index contributed by atoms with van der Waals surface area (Å²) in [5, 5.41) is 3.58. The SMILES string of the molecule is CCC1(CC)Nc2ccccc2C(=O)N1CCCOC. The average molecular weight is 276 g/mol. The van der Waals surface area contributed by atoms with E-state index in [1.807, 2.05) is 29.2 Å². The zero-order valence-electron chi connectivity index (χ0n) is 12.6. The van der Waals surface area contributed by atoms with Crippen LogP contribution >= 0.6 is 0 Å². The van der Waals surface area contributed by atoms with E-state index in [1.165, 1.54) is 0 Å². The number of nitrogens with zero attached hydrogens (tertiary/aromatic N) is 1. The van der Waals surface area contributed by atoms with Gasteiger partial charge in [0, 0.05) is 25.9 Å². The van der Waals surface area contributed by atoms with Crippen LogP contribution in [0, 0.1) is 0 Å². The number of para-hydroxylation sites is 1. The van der Waals surface area contributed by atoms with Crippen molar-refractivity contribution in [2.24, 2.45) is 0 Å². The van der Waals surface area contributed by atoms with Gasteiger partial charge in [-0.2, -0.15) is 0 Å². The molecule has 1 aliphatic rings. The van der Waals surface area contributed by atoms with Gasteiger partial charge < -0.3 is 15.0 Å². The average Bonchev–Trinajstić information content (AvgIpc) is 2.49. The molecule has 20 heavy (non-hydrogen) atoms. The molecule has 1 heterocycles. The van der Waals surface area contributed by atoms with Crippen LogP contribution in [0.5, 0.6) is 0 Å². The highest BCUT2D eigenvalue weighted by atomic mass is 16.5. The Balaban J connectivity index is 2.33. The van der Waals surface area contributed by atoms with Crippen LogP contribution in [0.4, 0.5) is 5.69 Å². The van der Waals surface area contributed by atoms with Gasteiger partial charge in [-0.05, 0) is 31.4 Å². The van der Waals surface area contributed by atoms with Crippen molar-refractivity contribution in [3.05, 3.63) is 29.8 Å². The molecular weight excluding hydrogens is 252 g/mol. The maximum Gasteiger partial charge on any atom is 0.257 e. The van der Waals surface area contributed by atoms with E-state index >= 15 is 0 Å². The molecule has 2 rings (SSSR count). The first kappa shape index (κ1) is 14.9. The molecule has 0 saturated carbocycles. The van der Waals surface area contributed by atoms with Gasteiger partial charge in [-0.3, -0.25) is 4.79 Å². The summed E-state index contributed by atoms with van der Waals surface area (Å²) in [4.78, 5) is 14.8. The summed E-state index contributed by atoms with van der Waals surface area (Å²) in [6.07, 6.45) is 2.63. The Labute approximate surface area is 121 Å². The number of benzene rings is 1. The number of amides is 1. The molecule has 0 bridgehead atoms. The third kappa shape index (κ3) is 2.52. The largest absolute Gasteiger partial charge is 0.385 e. The molecule has 0 unspecified atom stereocenters. The molecule has 1 aliphatic heterocycles. The van der Waals surface area contributed by atoms with E-state index in [4.69, 9.17) is 4.74 Å². The molecule has 4 heteroatoms. The monoisotopic (exact) mass is 276 g/mol. The number of nitrogens with one attached hydrogen (secondary N) is 1. The molecule has 0 aliphatic carbocycles. The highest BCUT2D eigenvalue weighted by Gasteiger charge is 2.41. The van der Waals surface area contributed by atoms with Crippen LogP contribution in [-0.2, 0) is 4.74 Å². The van der Waals surface area contributed by atoms with E-state index in [2.05, 4.69) is 19.2 Å². The Morgan fingerprint density at radius 1 is 1.25 bits per heavy atom. The van der Waals surface area contributed by atoms with Gasteiger partial charge in [0.1, 0.15) is 5.66 Å². The first-order chi connectivity index (χ1) is 9.68. The Kier molecular flexibility index (Phi) is 4.65. The van der Waals surface area contributed by atoms with Crippen molar-refractivity contribution in [1.82, 2.24) is 4.90 Å². The standard InChI is InChI=1S/C16H24N2O2/c1-4-16(5-2)17-14-10-7-6-9-13(14)15(19)18(16)11-8-12-20-3/h6-7,9-10,17H,4-5,8,11-12H2,1-3H3. The van der Waals surface area contributed by atoms with E-state index in [9.17, 15) is 4.79 Å². The van der Waals surface area contributed by atoms with Crippen LogP contribution in [0.1, 0.15) is 43.5 Å². The molecule has 0 aromatic heterocycles. The van der Waals surface area contributed by atoms with Gasteiger partial charge in [-0.1, -0.05) is 26.0 Å². The molecular formula is C16H24N2O2. The van der Waals surface area contributed by atoms with Crippen molar-refractivity contribution in [3.8, 4) is 0 Å². The molecule has 1 aromatic carbocycles. The van der Waals surface area contributed by atoms with Crippen LogP contribution in [0.2, 0.25) is 0 Å². The molecule has 110 valence electrons. The number of carbonyl (C=O) groups excluding carboxylic acids is 1. The number of hydrogen-bond donors (Lipinski definition) is 1. The minimum atomic E-state index is -0.279. The fraction of sp³-hybridized carbons (Fsp3) is 0.562. The fourth-order valence-corrected chi connectivity index (χ4v) is 2.93. The number of ether oxygens (including phenoxy) is 1. The quantitative estimate of drug-likeness (QED) is 0.812. The van der Waals surface area contributed by atoms with Crippen molar-refractivity contribution >= 4 is 11.6 Å². The summed E-state index contributed by atoms with van der Waals surface area (Å²) in [6.45, 7) is 5.65. The normalized spacial score (nSPS) is 16.8. The molecule has 0 saturated heterocycles. The van der Waals surface area contributed by atoms with Crippen LogP contribution in [0.15, 0.2) is 24.3 Å². The molecule has 0 atom stereocenters. The number of fused-ring (bicyclic) bond motifs is 1. The van der Waals surface area contributed by atoms with Gasteiger partial charge in [-0.15, -0.1) is 0 Å². The topological polar surface area (TPSA) is 41.6 Å². The van der Waals surface area contributed by atoms with Crippen LogP contribution < -0.4 is 5.32 Å². The van der Waals surface area contributed by atoms with Crippen molar-refractivity contribution in [1.29, 1.82) is 0 Å². The van der Waals surface area contributed by atoms with E-state index in [-0.39, 0.29) is 11.6 Å². The lowest BCUT2D eigenvalue weighted by Gasteiger charge is -2.48. The maximum atomic E-state index is 12.8. The minimum absolute atomic E-state index is 0.124. The Morgan fingerprint density at radius 2 is 1.95 bits per heavy atom. The number of carbonyl (C=O) groups is 1. The minimum Gasteiger partial charge on any atom is -0.385 e. The van der Waals surface area contributed by atoms with Crippen molar-refractivity contribution < 1.29 is 9.53 Å². The second kappa shape index (κ2) is 6.27. The molecule has 1 aromatic rings. The number of methoxy groups -OCH3 is 1. The van der Waals surface area contributed by atoms with Crippen molar-refractivity contribution in [2.45, 2.75) is 38.8 Å². The summed E-state index contributed by atoms with van der Waals surface area (Å²) in [6, 6.07) is 7.76. The first-order valence-corrected chi connectivity index (χ1v) is 7.36. The van der Waals surface area contributed by atoms with Gasteiger partial charge in [-0.25, -0.2) is 0 Å². The molecule has 1 N–H and O–H groups in total. The van der Waals surface area contributed by atoms with E-state index in [0.29, 0.717) is 6.61 Å². The Bertz CT molecular complexity index is 469. The summed E-state index contributed by atoms with van der Waals surface area (Å²) < 4.78 is 5.11. The van der Waals surface area contributed by atoms with Crippen LogP contribution in [0.25, 0.3) is 0 Å². The van der Waals surface area contributed by atoms with Crippen LogP contribution in [0.3, 0.4) is 0 Å². The lowest BCUT2D eigenvalue weighted by Crippen LogP contribution is -2.59. The summed E-state index contributed by atoms with van der Waals surface area (Å²) >= 11 is 0. The third-order valence-electron chi connectivity index (χ3n) is 4.19. The highest BCUT2D eigenvalue weighted by Crippen LogP contribution is 2.35. The molecule has 0 spiro atoms. The third-order valence-corrected chi connectivity index (χ3v) is 4.19. The highest BCUT2D eigenvalue weighted by molar-refractivity contribution is 6.02. The van der Waals surface area contributed by atoms with Gasteiger partial charge in [0.2, 0.25) is 0 Å². The smallest absolute Gasteiger partial charge is 0.257 e. The fourth-order valence-electron chi connectivity index (χ4n) is 2.93. The van der Waals surface area contributed by atoms with Crippen molar-refractivity contribution in [2.75, 3.05) is 25.6 Å².